The molecule has 3 aliphatic rings. The van der Waals surface area contributed by atoms with Crippen LogP contribution in [0.4, 0.5) is 0 Å². The molecule has 0 heteroatoms. The summed E-state index contributed by atoms with van der Waals surface area (Å²) in [5.41, 5.74) is 6.42. The second-order valence-electron chi connectivity index (χ2n) is 10.0. The number of hydrogen-bond acceptors (Lipinski definition) is 0. The standard InChI is InChI=1S/C23H34/c1-16-8-6-9-18-17(16)10-11-20-22(18,4)15-12-19-21(2,3)13-7-14-23(19,20)5/h6,8-9,19-20H,7,10-15H2,1-5H3/t19-,20-,22-,23-/m0/s1. The van der Waals surface area contributed by atoms with Crippen molar-refractivity contribution in [2.75, 3.05) is 0 Å². The van der Waals surface area contributed by atoms with Gasteiger partial charge in [-0.2, -0.15) is 0 Å². The van der Waals surface area contributed by atoms with Gasteiger partial charge in [-0.3, -0.25) is 0 Å². The van der Waals surface area contributed by atoms with E-state index >= 15 is 0 Å². The smallest absolute Gasteiger partial charge is 0.00387 e. The van der Waals surface area contributed by atoms with Crippen molar-refractivity contribution in [1.82, 2.24) is 0 Å². The zero-order valence-corrected chi connectivity index (χ0v) is 15.8. The topological polar surface area (TPSA) is 0 Å². The van der Waals surface area contributed by atoms with E-state index in [0.29, 0.717) is 16.2 Å². The normalized spacial score (nSPS) is 41.6. The predicted molar refractivity (Wildman–Crippen MR) is 98.8 cm³/mol. The maximum atomic E-state index is 2.67. The van der Waals surface area contributed by atoms with E-state index in [-0.39, 0.29) is 0 Å². The molecule has 23 heavy (non-hydrogen) atoms. The van der Waals surface area contributed by atoms with Crippen molar-refractivity contribution in [1.29, 1.82) is 0 Å². The molecular formula is C23H34. The molecule has 126 valence electrons. The average molecular weight is 311 g/mol. The van der Waals surface area contributed by atoms with Crippen LogP contribution in [-0.2, 0) is 11.8 Å². The van der Waals surface area contributed by atoms with Gasteiger partial charge in [-0.15, -0.1) is 0 Å². The summed E-state index contributed by atoms with van der Waals surface area (Å²) in [6.07, 6.45) is 9.90. The minimum absolute atomic E-state index is 0.415. The number of hydrogen-bond donors (Lipinski definition) is 0. The second kappa shape index (κ2) is 4.87. The summed E-state index contributed by atoms with van der Waals surface area (Å²) < 4.78 is 0. The molecular weight excluding hydrogens is 276 g/mol. The van der Waals surface area contributed by atoms with Crippen LogP contribution in [-0.4, -0.2) is 0 Å². The maximum absolute atomic E-state index is 2.67. The number of benzene rings is 1. The molecule has 3 aliphatic carbocycles. The Morgan fingerprint density at radius 3 is 2.48 bits per heavy atom. The van der Waals surface area contributed by atoms with Crippen molar-refractivity contribution in [3.8, 4) is 0 Å². The predicted octanol–water partition coefficient (Wildman–Crippen LogP) is 6.44. The van der Waals surface area contributed by atoms with Crippen LogP contribution in [0.1, 0.15) is 82.9 Å². The molecule has 0 spiro atoms. The van der Waals surface area contributed by atoms with Gasteiger partial charge in [0, 0.05) is 0 Å². The van der Waals surface area contributed by atoms with Gasteiger partial charge in [0.2, 0.25) is 0 Å². The molecule has 0 heterocycles. The Morgan fingerprint density at radius 2 is 1.70 bits per heavy atom. The van der Waals surface area contributed by atoms with Gasteiger partial charge < -0.3 is 0 Å². The zero-order chi connectivity index (χ0) is 16.5. The molecule has 0 nitrogen and oxygen atoms in total. The van der Waals surface area contributed by atoms with Crippen LogP contribution >= 0.6 is 0 Å². The monoisotopic (exact) mass is 310 g/mol. The fourth-order valence-electron chi connectivity index (χ4n) is 7.48. The Labute approximate surface area is 143 Å². The first-order valence-corrected chi connectivity index (χ1v) is 9.88. The fourth-order valence-corrected chi connectivity index (χ4v) is 7.48. The third kappa shape index (κ3) is 2.02. The third-order valence-electron chi connectivity index (χ3n) is 8.50. The molecule has 4 rings (SSSR count). The quantitative estimate of drug-likeness (QED) is 0.517. The number of fused-ring (bicyclic) bond motifs is 5. The lowest BCUT2D eigenvalue weighted by Crippen LogP contribution is -2.57. The minimum atomic E-state index is 0.415. The SMILES string of the molecule is Cc1cccc2c1CC[C@@H]1[C@@]3(C)CCCC(C)(C)[C@@H]3CC[C@@]21C. The van der Waals surface area contributed by atoms with Crippen LogP contribution in [0.5, 0.6) is 0 Å². The van der Waals surface area contributed by atoms with Gasteiger partial charge >= 0.3 is 0 Å². The molecule has 4 atom stereocenters. The number of rotatable bonds is 0. The van der Waals surface area contributed by atoms with Gasteiger partial charge in [0.25, 0.3) is 0 Å². The van der Waals surface area contributed by atoms with Gasteiger partial charge in [0.05, 0.1) is 0 Å². The third-order valence-corrected chi connectivity index (χ3v) is 8.50. The van der Waals surface area contributed by atoms with Crippen molar-refractivity contribution < 1.29 is 0 Å². The van der Waals surface area contributed by atoms with Gasteiger partial charge in [0.1, 0.15) is 0 Å². The maximum Gasteiger partial charge on any atom is -0.00387 e. The molecule has 0 N–H and O–H groups in total. The van der Waals surface area contributed by atoms with Crippen LogP contribution in [0.2, 0.25) is 0 Å². The van der Waals surface area contributed by atoms with E-state index in [4.69, 9.17) is 0 Å². The van der Waals surface area contributed by atoms with E-state index in [1.165, 1.54) is 50.5 Å². The largest absolute Gasteiger partial charge is 0.0617 e. The molecule has 2 fully saturated rings. The molecule has 0 bridgehead atoms. The molecule has 0 radical (unpaired) electrons. The summed E-state index contributed by atoms with van der Waals surface area (Å²) in [7, 11) is 0. The molecule has 1 aromatic rings. The molecule has 0 unspecified atom stereocenters. The Hall–Kier alpha value is -0.780. The molecule has 0 amide bonds. The highest BCUT2D eigenvalue weighted by atomic mass is 14.6. The zero-order valence-electron chi connectivity index (χ0n) is 15.8. The fraction of sp³-hybridized carbons (Fsp3) is 0.739. The lowest BCUT2D eigenvalue weighted by molar-refractivity contribution is -0.110. The van der Waals surface area contributed by atoms with E-state index in [0.717, 1.165) is 11.8 Å². The first-order chi connectivity index (χ1) is 10.8. The van der Waals surface area contributed by atoms with Crippen molar-refractivity contribution in [3.63, 3.8) is 0 Å². The Kier molecular flexibility index (Phi) is 3.33. The van der Waals surface area contributed by atoms with E-state index in [1.54, 1.807) is 11.1 Å². The van der Waals surface area contributed by atoms with Crippen LogP contribution in [0, 0.1) is 29.6 Å². The highest BCUT2D eigenvalue weighted by Gasteiger charge is 2.59. The van der Waals surface area contributed by atoms with E-state index in [1.807, 2.05) is 0 Å². The summed E-state index contributed by atoms with van der Waals surface area (Å²) in [6, 6.07) is 7.09. The van der Waals surface area contributed by atoms with Crippen molar-refractivity contribution in [3.05, 3.63) is 34.9 Å². The van der Waals surface area contributed by atoms with Crippen molar-refractivity contribution >= 4 is 0 Å². The highest BCUT2D eigenvalue weighted by molar-refractivity contribution is 5.43. The van der Waals surface area contributed by atoms with Gasteiger partial charge in [-0.1, -0.05) is 52.3 Å². The summed E-state index contributed by atoms with van der Waals surface area (Å²) in [6.45, 7) is 12.7. The lowest BCUT2D eigenvalue weighted by Gasteiger charge is -2.64. The average Bonchev–Trinajstić information content (AvgIpc) is 2.46. The Balaban J connectivity index is 1.82. The summed E-state index contributed by atoms with van der Waals surface area (Å²) >= 11 is 0. The number of aryl methyl sites for hydroxylation is 1. The van der Waals surface area contributed by atoms with Crippen LogP contribution in [0.25, 0.3) is 0 Å². The van der Waals surface area contributed by atoms with Crippen LogP contribution in [0.3, 0.4) is 0 Å². The van der Waals surface area contributed by atoms with Crippen molar-refractivity contribution in [2.45, 2.75) is 85.0 Å². The molecule has 2 saturated carbocycles. The molecule has 1 aromatic carbocycles. The molecule has 0 saturated heterocycles. The first-order valence-electron chi connectivity index (χ1n) is 9.88. The van der Waals surface area contributed by atoms with E-state index < -0.39 is 0 Å². The van der Waals surface area contributed by atoms with Crippen LogP contribution in [0.15, 0.2) is 18.2 Å². The second-order valence-corrected chi connectivity index (χ2v) is 10.0. The Morgan fingerprint density at radius 1 is 0.913 bits per heavy atom. The van der Waals surface area contributed by atoms with Crippen LogP contribution < -0.4 is 0 Å². The minimum Gasteiger partial charge on any atom is -0.0617 e. The lowest BCUT2D eigenvalue weighted by atomic mass is 9.40. The summed E-state index contributed by atoms with van der Waals surface area (Å²) in [5, 5.41) is 0. The molecule has 0 aromatic heterocycles. The van der Waals surface area contributed by atoms with E-state index in [2.05, 4.69) is 52.8 Å². The molecule has 0 aliphatic heterocycles. The van der Waals surface area contributed by atoms with Gasteiger partial charge in [-0.05, 0) is 90.2 Å². The summed E-state index contributed by atoms with van der Waals surface area (Å²) in [5.74, 6) is 1.80. The van der Waals surface area contributed by atoms with Gasteiger partial charge in [-0.25, -0.2) is 0 Å². The van der Waals surface area contributed by atoms with Gasteiger partial charge in [0.15, 0.2) is 0 Å². The van der Waals surface area contributed by atoms with E-state index in [9.17, 15) is 0 Å². The summed E-state index contributed by atoms with van der Waals surface area (Å²) in [4.78, 5) is 0. The first kappa shape index (κ1) is 15.7. The van der Waals surface area contributed by atoms with Crippen molar-refractivity contribution in [2.24, 2.45) is 22.7 Å². The highest BCUT2D eigenvalue weighted by Crippen LogP contribution is 2.66. The Bertz CT molecular complexity index is 625.